The molecule has 2 aliphatic heterocycles. The van der Waals surface area contributed by atoms with Gasteiger partial charge in [0.2, 0.25) is 15.9 Å². The highest BCUT2D eigenvalue weighted by atomic mass is 32.2. The Morgan fingerprint density at radius 3 is 2.71 bits per heavy atom. The summed E-state index contributed by atoms with van der Waals surface area (Å²) in [6.45, 7) is 1.05. The van der Waals surface area contributed by atoms with Crippen molar-refractivity contribution in [1.29, 1.82) is 0 Å². The van der Waals surface area contributed by atoms with E-state index in [1.807, 2.05) is 0 Å². The molecule has 2 fully saturated rings. The summed E-state index contributed by atoms with van der Waals surface area (Å²) in [5.41, 5.74) is 0.867. The fraction of sp³-hybridized carbons (Fsp3) is 0.579. The van der Waals surface area contributed by atoms with Crippen LogP contribution in [-0.4, -0.2) is 80.4 Å². The number of thioether (sulfide) groups is 1. The van der Waals surface area contributed by atoms with Gasteiger partial charge in [0.05, 0.1) is 22.2 Å². The molecule has 4 rings (SSSR count). The lowest BCUT2D eigenvalue weighted by atomic mass is 10.2. The zero-order chi connectivity index (χ0) is 22.2. The molecule has 31 heavy (non-hydrogen) atoms. The number of fused-ring (bicyclic) bond motifs is 1. The first-order valence-corrected chi connectivity index (χ1v) is 14.4. The molecule has 0 spiro atoms. The van der Waals surface area contributed by atoms with Crippen LogP contribution in [0.2, 0.25) is 0 Å². The van der Waals surface area contributed by atoms with E-state index in [-0.39, 0.29) is 39.3 Å². The molecule has 1 aromatic heterocycles. The van der Waals surface area contributed by atoms with E-state index < -0.39 is 19.9 Å². The summed E-state index contributed by atoms with van der Waals surface area (Å²) in [5.74, 6) is -0.0470. The highest BCUT2D eigenvalue weighted by Crippen LogP contribution is 2.28. The molecule has 0 saturated carbocycles. The Balaban J connectivity index is 1.43. The molecule has 9 nitrogen and oxygen atoms in total. The standard InChI is InChI=1S/C19H25N3O6S3/c1-21(14-7-10-30(24,25)13-14)18(23)12-29-19-20-16-11-15(5-6-17(16)28-19)31(26,27)22-8-3-2-4-9-22/h5-6,11,14H,2-4,7-10,12-13H2,1H3. The van der Waals surface area contributed by atoms with Crippen molar-refractivity contribution in [3.8, 4) is 0 Å². The van der Waals surface area contributed by atoms with Crippen molar-refractivity contribution in [1.82, 2.24) is 14.2 Å². The zero-order valence-electron chi connectivity index (χ0n) is 17.2. The smallest absolute Gasteiger partial charge is 0.257 e. The largest absolute Gasteiger partial charge is 0.431 e. The maximum Gasteiger partial charge on any atom is 0.257 e. The van der Waals surface area contributed by atoms with E-state index in [2.05, 4.69) is 4.98 Å². The molecule has 2 saturated heterocycles. The van der Waals surface area contributed by atoms with E-state index in [0.717, 1.165) is 31.0 Å². The van der Waals surface area contributed by atoms with Gasteiger partial charge in [0.1, 0.15) is 5.52 Å². The number of carbonyl (C=O) groups is 1. The van der Waals surface area contributed by atoms with Crippen LogP contribution in [0.15, 0.2) is 32.7 Å². The van der Waals surface area contributed by atoms with Crippen LogP contribution in [0, 0.1) is 0 Å². The van der Waals surface area contributed by atoms with Gasteiger partial charge in [-0.25, -0.2) is 21.8 Å². The summed E-state index contributed by atoms with van der Waals surface area (Å²) >= 11 is 1.10. The molecule has 3 heterocycles. The van der Waals surface area contributed by atoms with Gasteiger partial charge in [-0.3, -0.25) is 4.79 Å². The highest BCUT2D eigenvalue weighted by Gasteiger charge is 2.33. The number of aromatic nitrogens is 1. The second kappa shape index (κ2) is 8.72. The van der Waals surface area contributed by atoms with E-state index in [0.29, 0.717) is 30.6 Å². The van der Waals surface area contributed by atoms with E-state index >= 15 is 0 Å². The SMILES string of the molecule is CN(C(=O)CSc1nc2cc(S(=O)(=O)N3CCCCC3)ccc2o1)C1CCS(=O)(=O)C1. The molecule has 1 atom stereocenters. The number of oxazole rings is 1. The molecule has 170 valence electrons. The van der Waals surface area contributed by atoms with E-state index in [9.17, 15) is 21.6 Å². The molecular weight excluding hydrogens is 462 g/mol. The number of sulfonamides is 1. The number of carbonyl (C=O) groups excluding carboxylic acids is 1. The van der Waals surface area contributed by atoms with E-state index in [1.54, 1.807) is 13.1 Å². The number of sulfone groups is 1. The van der Waals surface area contributed by atoms with Crippen LogP contribution in [0.5, 0.6) is 0 Å². The predicted molar refractivity (Wildman–Crippen MR) is 117 cm³/mol. The average Bonchev–Trinajstić information content (AvgIpc) is 3.33. The van der Waals surface area contributed by atoms with E-state index in [4.69, 9.17) is 4.42 Å². The third kappa shape index (κ3) is 4.91. The van der Waals surface area contributed by atoms with Crippen molar-refractivity contribution in [3.05, 3.63) is 18.2 Å². The minimum absolute atomic E-state index is 0.00291. The number of piperidine rings is 1. The number of nitrogens with zero attached hydrogens (tertiary/aromatic N) is 3. The Bertz CT molecular complexity index is 1190. The molecule has 2 aromatic rings. The third-order valence-electron chi connectivity index (χ3n) is 5.76. The van der Waals surface area contributed by atoms with Gasteiger partial charge >= 0.3 is 0 Å². The van der Waals surface area contributed by atoms with Crippen LogP contribution in [-0.2, 0) is 24.7 Å². The Morgan fingerprint density at radius 2 is 2.03 bits per heavy atom. The van der Waals surface area contributed by atoms with Crippen LogP contribution in [0.3, 0.4) is 0 Å². The number of rotatable bonds is 6. The molecular formula is C19H25N3O6S3. The average molecular weight is 488 g/mol. The minimum Gasteiger partial charge on any atom is -0.431 e. The number of benzene rings is 1. The fourth-order valence-electron chi connectivity index (χ4n) is 3.87. The highest BCUT2D eigenvalue weighted by molar-refractivity contribution is 7.99. The molecule has 0 bridgehead atoms. The number of hydrogen-bond acceptors (Lipinski definition) is 8. The van der Waals surface area contributed by atoms with Gasteiger partial charge in [-0.1, -0.05) is 18.2 Å². The van der Waals surface area contributed by atoms with Crippen molar-refractivity contribution < 1.29 is 26.0 Å². The fourth-order valence-corrected chi connectivity index (χ4v) is 7.95. The summed E-state index contributed by atoms with van der Waals surface area (Å²) in [7, 11) is -5.02. The normalized spacial score (nSPS) is 22.0. The van der Waals surface area contributed by atoms with E-state index in [1.165, 1.54) is 21.3 Å². The van der Waals surface area contributed by atoms with Gasteiger partial charge in [0.15, 0.2) is 15.4 Å². The maximum atomic E-state index is 12.9. The first kappa shape index (κ1) is 22.6. The summed E-state index contributed by atoms with van der Waals surface area (Å²) in [4.78, 5) is 18.4. The molecule has 0 N–H and O–H groups in total. The molecule has 1 unspecified atom stereocenters. The first-order chi connectivity index (χ1) is 14.7. The summed E-state index contributed by atoms with van der Waals surface area (Å²) in [6.07, 6.45) is 3.22. The molecule has 12 heteroatoms. The molecule has 2 aliphatic rings. The molecule has 1 aromatic carbocycles. The van der Waals surface area contributed by atoms with Crippen molar-refractivity contribution in [2.45, 2.75) is 41.8 Å². The van der Waals surface area contributed by atoms with Crippen molar-refractivity contribution >= 4 is 48.6 Å². The Kier molecular flexibility index (Phi) is 6.35. The quantitative estimate of drug-likeness (QED) is 0.566. The van der Waals surface area contributed by atoms with Crippen molar-refractivity contribution in [2.24, 2.45) is 0 Å². The molecule has 1 amide bonds. The van der Waals surface area contributed by atoms with Gasteiger partial charge in [-0.05, 0) is 37.5 Å². The van der Waals surface area contributed by atoms with Gasteiger partial charge in [0, 0.05) is 26.2 Å². The molecule has 0 radical (unpaired) electrons. The topological polar surface area (TPSA) is 118 Å². The lowest BCUT2D eigenvalue weighted by Crippen LogP contribution is -2.38. The summed E-state index contributed by atoms with van der Waals surface area (Å²) in [6, 6.07) is 4.31. The van der Waals surface area contributed by atoms with Crippen LogP contribution in [0.25, 0.3) is 11.1 Å². The predicted octanol–water partition coefficient (Wildman–Crippen LogP) is 1.74. The monoisotopic (exact) mass is 487 g/mol. The first-order valence-electron chi connectivity index (χ1n) is 10.2. The second-order valence-electron chi connectivity index (χ2n) is 7.92. The van der Waals surface area contributed by atoms with Crippen molar-refractivity contribution in [2.75, 3.05) is 37.4 Å². The van der Waals surface area contributed by atoms with Gasteiger partial charge < -0.3 is 9.32 Å². The lowest BCUT2D eigenvalue weighted by molar-refractivity contribution is -0.128. The Morgan fingerprint density at radius 1 is 1.29 bits per heavy atom. The minimum atomic E-state index is -3.57. The maximum absolute atomic E-state index is 12.9. The van der Waals surface area contributed by atoms with Gasteiger partial charge in [0.25, 0.3) is 5.22 Å². The second-order valence-corrected chi connectivity index (χ2v) is 13.0. The lowest BCUT2D eigenvalue weighted by Gasteiger charge is -2.25. The van der Waals surface area contributed by atoms with Crippen LogP contribution >= 0.6 is 11.8 Å². The number of hydrogen-bond donors (Lipinski definition) is 0. The van der Waals surface area contributed by atoms with Crippen LogP contribution < -0.4 is 0 Å². The van der Waals surface area contributed by atoms with Crippen molar-refractivity contribution in [3.63, 3.8) is 0 Å². The summed E-state index contributed by atoms with van der Waals surface area (Å²) in [5, 5.41) is 0.267. The van der Waals surface area contributed by atoms with Crippen LogP contribution in [0.1, 0.15) is 25.7 Å². The van der Waals surface area contributed by atoms with Gasteiger partial charge in [-0.15, -0.1) is 0 Å². The van der Waals surface area contributed by atoms with Gasteiger partial charge in [-0.2, -0.15) is 4.31 Å². The molecule has 0 aliphatic carbocycles. The zero-order valence-corrected chi connectivity index (χ0v) is 19.6. The van der Waals surface area contributed by atoms with Crippen LogP contribution in [0.4, 0.5) is 0 Å². The third-order valence-corrected chi connectivity index (χ3v) is 10.2. The number of amides is 1. The summed E-state index contributed by atoms with van der Waals surface area (Å²) < 4.78 is 56.2. The Labute approximate surface area is 186 Å². The Hall–Kier alpha value is -1.63.